The van der Waals surface area contributed by atoms with E-state index in [0.29, 0.717) is 76.0 Å². The number of primary amides is 1. The van der Waals surface area contributed by atoms with Crippen LogP contribution in [0.3, 0.4) is 0 Å². The van der Waals surface area contributed by atoms with Crippen molar-refractivity contribution in [3.8, 4) is 0 Å². The zero-order chi connectivity index (χ0) is 57.3. The fourth-order valence-electron chi connectivity index (χ4n) is 9.41. The monoisotopic (exact) mass is 1090 g/mol. The number of amides is 7. The minimum Gasteiger partial charge on any atom is -0.368 e. The lowest BCUT2D eigenvalue weighted by Crippen LogP contribution is -2.53. The molecule has 0 fully saturated rings. The molecule has 0 bridgehead atoms. The zero-order valence-corrected chi connectivity index (χ0v) is 47.0. The van der Waals surface area contributed by atoms with E-state index in [1.807, 2.05) is 88.5 Å². The smallest absolute Gasteiger partial charge is 0.243 e. The lowest BCUT2D eigenvalue weighted by molar-refractivity contribution is -0.148. The number of unbranched alkanes of at least 4 members (excludes halogenated alkanes) is 4. The summed E-state index contributed by atoms with van der Waals surface area (Å²) in [4.78, 5) is 123. The average Bonchev–Trinajstić information content (AvgIpc) is 4.12. The lowest BCUT2D eigenvalue weighted by atomic mass is 10.1. The molecular weight excluding hydrogens is 1010 g/mol. The molecule has 5 aromatic rings. The van der Waals surface area contributed by atoms with E-state index in [1.165, 1.54) is 30.8 Å². The number of nitrogens with two attached hydrogens (primary N) is 3. The largest absolute Gasteiger partial charge is 0.368 e. The molecule has 79 heavy (non-hydrogen) atoms. The number of H-pyrrole nitrogens is 2. The third kappa shape index (κ3) is 20.4. The lowest BCUT2D eigenvalue weighted by Gasteiger charge is -2.34. The van der Waals surface area contributed by atoms with Crippen LogP contribution in [0.15, 0.2) is 73.4 Å². The van der Waals surface area contributed by atoms with E-state index in [2.05, 4.69) is 35.6 Å². The minimum atomic E-state index is -0.916. The summed E-state index contributed by atoms with van der Waals surface area (Å²) in [6.07, 6.45) is 10.8. The van der Waals surface area contributed by atoms with Crippen LogP contribution in [0.4, 0.5) is 5.82 Å². The van der Waals surface area contributed by atoms with Crippen LogP contribution in [-0.4, -0.2) is 175 Å². The maximum Gasteiger partial charge on any atom is 0.243 e. The van der Waals surface area contributed by atoms with Crippen LogP contribution in [0.2, 0.25) is 0 Å². The maximum atomic E-state index is 14.7. The molecule has 0 aliphatic heterocycles. The molecular formula is C57H85N15O7. The number of nitrogens with one attached hydrogen (secondary N) is 4. The van der Waals surface area contributed by atoms with Gasteiger partial charge < -0.3 is 62.3 Å². The van der Waals surface area contributed by atoms with Crippen LogP contribution in [0.1, 0.15) is 110 Å². The Kier molecular flexibility index (Phi) is 25.6. The number of nitrogens with zero attached hydrogens (tertiary/aromatic N) is 8. The van der Waals surface area contributed by atoms with E-state index in [-0.39, 0.29) is 76.6 Å². The first kappa shape index (κ1) is 62.4. The summed E-state index contributed by atoms with van der Waals surface area (Å²) in [6.45, 7) is 9.91. The highest BCUT2D eigenvalue weighted by Gasteiger charge is 2.31. The van der Waals surface area contributed by atoms with E-state index in [9.17, 15) is 33.6 Å². The summed E-state index contributed by atoms with van der Waals surface area (Å²) in [5.74, 6) is -2.47. The van der Waals surface area contributed by atoms with Gasteiger partial charge in [-0.25, -0.2) is 15.0 Å². The summed E-state index contributed by atoms with van der Waals surface area (Å²) in [5.41, 5.74) is 22.0. The van der Waals surface area contributed by atoms with Gasteiger partial charge in [0.15, 0.2) is 11.5 Å². The Morgan fingerprint density at radius 3 is 1.99 bits per heavy atom. The van der Waals surface area contributed by atoms with Gasteiger partial charge in [-0.3, -0.25) is 33.6 Å². The first-order valence-corrected chi connectivity index (χ1v) is 27.9. The number of benzene rings is 2. The van der Waals surface area contributed by atoms with Crippen molar-refractivity contribution in [2.45, 2.75) is 111 Å². The third-order valence-electron chi connectivity index (χ3n) is 13.6. The van der Waals surface area contributed by atoms with Gasteiger partial charge in [-0.2, -0.15) is 0 Å². The molecule has 2 aromatic carbocycles. The van der Waals surface area contributed by atoms with E-state index >= 15 is 0 Å². The van der Waals surface area contributed by atoms with Crippen molar-refractivity contribution in [1.29, 1.82) is 0 Å². The van der Waals surface area contributed by atoms with Gasteiger partial charge in [-0.15, -0.1) is 0 Å². The second-order valence-corrected chi connectivity index (χ2v) is 21.1. The zero-order valence-electron chi connectivity index (χ0n) is 47.0. The summed E-state index contributed by atoms with van der Waals surface area (Å²) in [5, 5.41) is 7.23. The first-order chi connectivity index (χ1) is 37.9. The number of para-hydroxylation sites is 1. The minimum absolute atomic E-state index is 0.0428. The highest BCUT2D eigenvalue weighted by atomic mass is 16.2. The Morgan fingerprint density at radius 2 is 1.29 bits per heavy atom. The molecule has 10 N–H and O–H groups in total. The summed E-state index contributed by atoms with van der Waals surface area (Å²) in [6, 6.07) is 15.6. The molecule has 0 radical (unpaired) electrons. The number of rotatable bonds is 36. The third-order valence-corrected chi connectivity index (χ3v) is 13.6. The fourth-order valence-corrected chi connectivity index (χ4v) is 9.41. The molecule has 22 heteroatoms. The Labute approximate surface area is 464 Å². The topological polar surface area (TPSA) is 308 Å². The summed E-state index contributed by atoms with van der Waals surface area (Å²) < 4.78 is 0. The second kappa shape index (κ2) is 32.4. The van der Waals surface area contributed by atoms with Gasteiger partial charge in [-0.1, -0.05) is 82.6 Å². The molecule has 0 aliphatic carbocycles. The predicted octanol–water partition coefficient (Wildman–Crippen LogP) is 4.10. The molecule has 2 atom stereocenters. The normalized spacial score (nSPS) is 12.1. The quantitative estimate of drug-likeness (QED) is 0.0278. The number of hydrogen-bond acceptors (Lipinski definition) is 13. The van der Waals surface area contributed by atoms with Gasteiger partial charge in [-0.05, 0) is 93.9 Å². The molecule has 22 nitrogen and oxygen atoms in total. The standard InChI is InChI=1S/C57H85N15O7/c1-40(2)31-70(36-52(77)71(32-41(3)4)37-53(78)72(33-48(60)73)42(5)43-18-8-6-9-19-43)51(76)34-68(29-24-44-30-63-47-22-12-11-20-45(44)47)50(75)35-69(28-17-14-25-58)57(79)46(59)21-13-16-26-61-49(74)23-10-7-15-27-62-55-54-56(65-38-64-54)67-39-66-55/h6,8-9,11-12,18-20,22,30,38-42,46,63H,7,10,13-17,21,23-29,31-37,58-59H2,1-5H3,(H2,60,73)(H,61,74)(H2,62,64,65,66,67)/t42-,46?/m0/s1. The van der Waals surface area contributed by atoms with Gasteiger partial charge >= 0.3 is 0 Å². The van der Waals surface area contributed by atoms with Crippen LogP contribution in [-0.2, 0) is 40.0 Å². The highest BCUT2D eigenvalue weighted by molar-refractivity contribution is 5.93. The van der Waals surface area contributed by atoms with Crippen LogP contribution in [0.5, 0.6) is 0 Å². The molecule has 0 aliphatic rings. The molecule has 5 rings (SSSR count). The molecule has 7 amide bonds. The number of imidazole rings is 1. The van der Waals surface area contributed by atoms with Crippen molar-refractivity contribution in [2.75, 3.05) is 83.9 Å². The van der Waals surface area contributed by atoms with Crippen molar-refractivity contribution in [3.05, 3.63) is 84.6 Å². The summed E-state index contributed by atoms with van der Waals surface area (Å²) >= 11 is 0. The van der Waals surface area contributed by atoms with Crippen molar-refractivity contribution in [2.24, 2.45) is 29.0 Å². The number of fused-ring (bicyclic) bond motifs is 2. The van der Waals surface area contributed by atoms with E-state index in [0.717, 1.165) is 46.8 Å². The van der Waals surface area contributed by atoms with Crippen LogP contribution >= 0.6 is 0 Å². The summed E-state index contributed by atoms with van der Waals surface area (Å²) in [7, 11) is 0. The fraction of sp³-hybridized carbons (Fsp3) is 0.544. The molecule has 3 aromatic heterocycles. The van der Waals surface area contributed by atoms with Gasteiger partial charge in [0.1, 0.15) is 11.8 Å². The number of carbonyl (C=O) groups excluding carboxylic acids is 7. The van der Waals surface area contributed by atoms with Crippen LogP contribution in [0.25, 0.3) is 22.1 Å². The Morgan fingerprint density at radius 1 is 0.646 bits per heavy atom. The average molecular weight is 1090 g/mol. The number of anilines is 1. The van der Waals surface area contributed by atoms with E-state index in [1.54, 1.807) is 13.3 Å². The van der Waals surface area contributed by atoms with Gasteiger partial charge in [0.2, 0.25) is 41.4 Å². The predicted molar refractivity (Wildman–Crippen MR) is 306 cm³/mol. The van der Waals surface area contributed by atoms with Crippen molar-refractivity contribution in [1.82, 2.24) is 54.7 Å². The number of aromatic amines is 2. The van der Waals surface area contributed by atoms with Crippen LogP contribution in [0, 0.1) is 11.8 Å². The number of aromatic nitrogens is 5. The Bertz CT molecular complexity index is 2730. The maximum absolute atomic E-state index is 14.7. The Balaban J connectivity index is 1.21. The number of carbonyl (C=O) groups is 7. The molecule has 1 unspecified atom stereocenters. The SMILES string of the molecule is CC(C)CN(CC(=O)N(CC(=O)N(CC(N)=O)[C@@H](C)c1ccccc1)CC(C)C)C(=O)CN(CCc1c[nH]c2ccccc12)C(=O)CN(CCCCN)C(=O)C(N)CCCCNC(=O)CCCCCNc1ncnc2nc[nH]c12. The van der Waals surface area contributed by atoms with Gasteiger partial charge in [0.25, 0.3) is 0 Å². The van der Waals surface area contributed by atoms with Crippen molar-refractivity contribution in [3.63, 3.8) is 0 Å². The Hall–Kier alpha value is -7.46. The second-order valence-electron chi connectivity index (χ2n) is 21.1. The van der Waals surface area contributed by atoms with Gasteiger partial charge in [0.05, 0.1) is 51.1 Å². The van der Waals surface area contributed by atoms with E-state index in [4.69, 9.17) is 17.2 Å². The molecule has 0 saturated heterocycles. The van der Waals surface area contributed by atoms with Crippen molar-refractivity contribution >= 4 is 69.2 Å². The molecule has 430 valence electrons. The molecule has 0 spiro atoms. The number of hydrogen-bond donors (Lipinski definition) is 7. The van der Waals surface area contributed by atoms with Gasteiger partial charge in [0, 0.05) is 62.8 Å². The first-order valence-electron chi connectivity index (χ1n) is 27.9. The highest BCUT2D eigenvalue weighted by Crippen LogP contribution is 2.22. The molecule has 0 saturated carbocycles. The van der Waals surface area contributed by atoms with Crippen molar-refractivity contribution < 1.29 is 33.6 Å². The molecule has 3 heterocycles. The van der Waals surface area contributed by atoms with E-state index < -0.39 is 47.5 Å². The van der Waals surface area contributed by atoms with Crippen LogP contribution < -0.4 is 27.8 Å².